The van der Waals surface area contributed by atoms with Crippen molar-refractivity contribution < 1.29 is 9.59 Å². The Morgan fingerprint density at radius 2 is 2.44 bits per heavy atom. The van der Waals surface area contributed by atoms with Crippen molar-refractivity contribution in [2.45, 2.75) is 0 Å². The second kappa shape index (κ2) is 2.39. The molecule has 4 heteroatoms. The largest absolute Gasteiger partial charge is 0.349 e. The van der Waals surface area contributed by atoms with Gasteiger partial charge in [0.1, 0.15) is 0 Å². The van der Waals surface area contributed by atoms with E-state index in [4.69, 9.17) is 0 Å². The van der Waals surface area contributed by atoms with Gasteiger partial charge in [0, 0.05) is 6.54 Å². The van der Waals surface area contributed by atoms with Crippen LogP contribution in [-0.2, 0) is 9.59 Å². The Morgan fingerprint density at radius 1 is 1.67 bits per heavy atom. The van der Waals surface area contributed by atoms with E-state index in [9.17, 15) is 9.59 Å². The summed E-state index contributed by atoms with van der Waals surface area (Å²) in [5.41, 5.74) is 0.00116. The molecule has 0 aromatic heterocycles. The van der Waals surface area contributed by atoms with E-state index >= 15 is 0 Å². The molecule has 9 heavy (non-hydrogen) atoms. The maximum absolute atomic E-state index is 10.6. The number of carbonyl (C=O) groups is 2. The van der Waals surface area contributed by atoms with Crippen LogP contribution in [0, 0.1) is 0 Å². The Labute approximate surface area is 52.0 Å². The molecule has 0 fully saturated rings. The van der Waals surface area contributed by atoms with Crippen LogP contribution in [0.4, 0.5) is 0 Å². The SMILES string of the molecule is O=CC1=NCCNC1=O. The molecule has 0 atom stereocenters. The number of rotatable bonds is 1. The summed E-state index contributed by atoms with van der Waals surface area (Å²) in [5.74, 6) is -0.365. The molecule has 0 bridgehead atoms. The molecule has 0 aromatic carbocycles. The molecule has 0 radical (unpaired) electrons. The highest BCUT2D eigenvalue weighted by Gasteiger charge is 2.11. The van der Waals surface area contributed by atoms with Crippen molar-refractivity contribution in [2.75, 3.05) is 13.1 Å². The number of nitrogens with zero attached hydrogens (tertiary/aromatic N) is 1. The van der Waals surface area contributed by atoms with Crippen molar-refractivity contribution in [1.29, 1.82) is 0 Å². The summed E-state index contributed by atoms with van der Waals surface area (Å²) in [5, 5.41) is 2.48. The van der Waals surface area contributed by atoms with Gasteiger partial charge in [-0.25, -0.2) is 0 Å². The van der Waals surface area contributed by atoms with Gasteiger partial charge in [0.05, 0.1) is 6.54 Å². The van der Waals surface area contributed by atoms with Gasteiger partial charge in [-0.3, -0.25) is 14.6 Å². The van der Waals surface area contributed by atoms with E-state index in [1.54, 1.807) is 0 Å². The number of aliphatic imine (C=N–C) groups is 1. The quantitative estimate of drug-likeness (QED) is 0.446. The number of hydrogen-bond acceptors (Lipinski definition) is 3. The molecule has 1 aliphatic rings. The standard InChI is InChI=1S/C5H6N2O2/c8-3-4-5(9)7-2-1-6-4/h3H,1-2H2,(H,7,9). The number of aldehydes is 1. The average Bonchev–Trinajstić information content (AvgIpc) is 1.89. The first-order valence-electron chi connectivity index (χ1n) is 2.62. The van der Waals surface area contributed by atoms with E-state index in [-0.39, 0.29) is 11.6 Å². The van der Waals surface area contributed by atoms with Crippen molar-refractivity contribution in [3.05, 3.63) is 0 Å². The van der Waals surface area contributed by atoms with E-state index in [2.05, 4.69) is 10.3 Å². The molecule has 0 unspecified atom stereocenters. The molecule has 0 saturated carbocycles. The van der Waals surface area contributed by atoms with Crippen LogP contribution in [0.1, 0.15) is 0 Å². The molecule has 0 spiro atoms. The van der Waals surface area contributed by atoms with Crippen LogP contribution >= 0.6 is 0 Å². The van der Waals surface area contributed by atoms with Gasteiger partial charge < -0.3 is 5.32 Å². The Kier molecular flexibility index (Phi) is 1.58. The third-order valence-corrected chi connectivity index (χ3v) is 1.02. The van der Waals surface area contributed by atoms with Crippen LogP contribution < -0.4 is 5.32 Å². The minimum absolute atomic E-state index is 0.00116. The van der Waals surface area contributed by atoms with Crippen LogP contribution in [-0.4, -0.2) is 31.0 Å². The minimum Gasteiger partial charge on any atom is -0.349 e. The number of nitrogens with one attached hydrogen (secondary N) is 1. The molecule has 1 aliphatic heterocycles. The minimum atomic E-state index is -0.365. The third-order valence-electron chi connectivity index (χ3n) is 1.02. The molecule has 0 aromatic rings. The lowest BCUT2D eigenvalue weighted by atomic mass is 10.3. The summed E-state index contributed by atoms with van der Waals surface area (Å²) in [6, 6.07) is 0. The first-order chi connectivity index (χ1) is 4.34. The predicted octanol–water partition coefficient (Wildman–Crippen LogP) is -1.24. The van der Waals surface area contributed by atoms with Crippen LogP contribution in [0.15, 0.2) is 4.99 Å². The normalized spacial score (nSPS) is 18.2. The predicted molar refractivity (Wildman–Crippen MR) is 31.4 cm³/mol. The van der Waals surface area contributed by atoms with E-state index in [0.29, 0.717) is 19.4 Å². The third kappa shape index (κ3) is 1.13. The smallest absolute Gasteiger partial charge is 0.272 e. The zero-order valence-corrected chi connectivity index (χ0v) is 4.76. The Morgan fingerprint density at radius 3 is 2.89 bits per heavy atom. The van der Waals surface area contributed by atoms with Crippen LogP contribution in [0.3, 0.4) is 0 Å². The second-order valence-electron chi connectivity index (χ2n) is 1.64. The van der Waals surface area contributed by atoms with Gasteiger partial charge in [-0.05, 0) is 0 Å². The van der Waals surface area contributed by atoms with Gasteiger partial charge in [0.25, 0.3) is 5.91 Å². The Balaban J connectivity index is 2.75. The summed E-state index contributed by atoms with van der Waals surface area (Å²) in [6.45, 7) is 1.05. The fourth-order valence-electron chi connectivity index (χ4n) is 0.599. The van der Waals surface area contributed by atoms with Crippen LogP contribution in [0.5, 0.6) is 0 Å². The van der Waals surface area contributed by atoms with E-state index < -0.39 is 0 Å². The maximum Gasteiger partial charge on any atom is 0.272 e. The lowest BCUT2D eigenvalue weighted by molar-refractivity contribution is -0.115. The highest BCUT2D eigenvalue weighted by atomic mass is 16.2. The number of amides is 1. The molecule has 0 aliphatic carbocycles. The lowest BCUT2D eigenvalue weighted by Crippen LogP contribution is -2.37. The number of carbonyl (C=O) groups excluding carboxylic acids is 2. The van der Waals surface area contributed by atoms with Crippen molar-refractivity contribution in [3.63, 3.8) is 0 Å². The van der Waals surface area contributed by atoms with Crippen molar-refractivity contribution >= 4 is 17.9 Å². The van der Waals surface area contributed by atoms with E-state index in [1.165, 1.54) is 0 Å². The van der Waals surface area contributed by atoms with Gasteiger partial charge in [-0.2, -0.15) is 0 Å². The second-order valence-corrected chi connectivity index (χ2v) is 1.64. The molecule has 1 heterocycles. The van der Waals surface area contributed by atoms with Crippen LogP contribution in [0.2, 0.25) is 0 Å². The zero-order valence-electron chi connectivity index (χ0n) is 4.76. The highest BCUT2D eigenvalue weighted by Crippen LogP contribution is 1.82. The van der Waals surface area contributed by atoms with Gasteiger partial charge >= 0.3 is 0 Å². The molecule has 1 rings (SSSR count). The van der Waals surface area contributed by atoms with Crippen molar-refractivity contribution in [1.82, 2.24) is 5.32 Å². The van der Waals surface area contributed by atoms with Gasteiger partial charge in [-0.15, -0.1) is 0 Å². The summed E-state index contributed by atoms with van der Waals surface area (Å²) in [4.78, 5) is 24.2. The molecule has 0 saturated heterocycles. The first kappa shape index (κ1) is 5.94. The molecule has 48 valence electrons. The van der Waals surface area contributed by atoms with E-state index in [1.807, 2.05) is 0 Å². The zero-order chi connectivity index (χ0) is 6.69. The molecular formula is C5H6N2O2. The fourth-order valence-corrected chi connectivity index (χ4v) is 0.599. The van der Waals surface area contributed by atoms with Crippen molar-refractivity contribution in [2.24, 2.45) is 4.99 Å². The first-order valence-corrected chi connectivity index (χ1v) is 2.62. The summed E-state index contributed by atoms with van der Waals surface area (Å²) >= 11 is 0. The molecular weight excluding hydrogens is 120 g/mol. The Hall–Kier alpha value is -1.19. The summed E-state index contributed by atoms with van der Waals surface area (Å²) < 4.78 is 0. The van der Waals surface area contributed by atoms with Gasteiger partial charge in [0.2, 0.25) is 0 Å². The fraction of sp³-hybridized carbons (Fsp3) is 0.400. The molecule has 4 nitrogen and oxygen atoms in total. The molecule has 1 N–H and O–H groups in total. The monoisotopic (exact) mass is 126 g/mol. The van der Waals surface area contributed by atoms with Crippen molar-refractivity contribution in [3.8, 4) is 0 Å². The maximum atomic E-state index is 10.6. The lowest BCUT2D eigenvalue weighted by Gasteiger charge is -2.06. The van der Waals surface area contributed by atoms with Crippen LogP contribution in [0.25, 0.3) is 0 Å². The number of hydrogen-bond donors (Lipinski definition) is 1. The van der Waals surface area contributed by atoms with Gasteiger partial charge in [-0.1, -0.05) is 0 Å². The molecule has 1 amide bonds. The highest BCUT2D eigenvalue weighted by molar-refractivity contribution is 6.59. The summed E-state index contributed by atoms with van der Waals surface area (Å²) in [6.07, 6.45) is 0.467. The topological polar surface area (TPSA) is 58.5 Å². The van der Waals surface area contributed by atoms with E-state index in [0.717, 1.165) is 0 Å². The average molecular weight is 126 g/mol. The summed E-state index contributed by atoms with van der Waals surface area (Å²) in [7, 11) is 0. The van der Waals surface area contributed by atoms with Gasteiger partial charge in [0.15, 0.2) is 12.0 Å². The Bertz CT molecular complexity index is 174.